The van der Waals surface area contributed by atoms with Gasteiger partial charge in [0.15, 0.2) is 0 Å². The summed E-state index contributed by atoms with van der Waals surface area (Å²) >= 11 is 0. The molecule has 1 aliphatic heterocycles. The van der Waals surface area contributed by atoms with E-state index < -0.39 is 0 Å². The largest absolute Gasteiger partial charge is 0.362 e. The molecular formula is C30H27FN6O. The van der Waals surface area contributed by atoms with Gasteiger partial charge in [-0.05, 0) is 61.4 Å². The number of piperazine rings is 1. The number of pyridine rings is 2. The maximum Gasteiger partial charge on any atom is 0.270 e. The van der Waals surface area contributed by atoms with Crippen LogP contribution in [0, 0.1) is 23.7 Å². The number of nitrogens with zero attached hydrogens (tertiary/aromatic N) is 6. The summed E-state index contributed by atoms with van der Waals surface area (Å²) in [6.07, 6.45) is 0. The second-order valence-corrected chi connectivity index (χ2v) is 9.81. The van der Waals surface area contributed by atoms with Crippen LogP contribution in [0.3, 0.4) is 0 Å². The van der Waals surface area contributed by atoms with E-state index in [1.54, 1.807) is 29.8 Å². The zero-order chi connectivity index (χ0) is 27.0. The lowest BCUT2D eigenvalue weighted by Gasteiger charge is -2.48. The molecule has 0 radical (unpaired) electrons. The number of halogens is 1. The first-order valence-corrected chi connectivity index (χ1v) is 12.5. The average molecular weight is 507 g/mol. The Balaban J connectivity index is 1.55. The first kappa shape index (κ1) is 25.1. The van der Waals surface area contributed by atoms with Crippen LogP contribution < -0.4 is 10.5 Å². The number of anilines is 1. The molecular weight excluding hydrogens is 479 g/mol. The zero-order valence-electron chi connectivity index (χ0n) is 21.5. The van der Waals surface area contributed by atoms with Crippen molar-refractivity contribution < 1.29 is 4.39 Å². The van der Waals surface area contributed by atoms with E-state index >= 15 is 0 Å². The molecule has 0 N–H and O–H groups in total. The number of rotatable bonds is 4. The molecule has 5 rings (SSSR count). The maximum atomic E-state index is 13.8. The van der Waals surface area contributed by atoms with E-state index in [0.717, 1.165) is 16.8 Å². The van der Waals surface area contributed by atoms with Crippen LogP contribution in [0.2, 0.25) is 0 Å². The monoisotopic (exact) mass is 506 g/mol. The normalized spacial score (nSPS) is 18.6. The Morgan fingerprint density at radius 3 is 2.32 bits per heavy atom. The lowest BCUT2D eigenvalue weighted by molar-refractivity contribution is 0.130. The van der Waals surface area contributed by atoms with E-state index in [2.05, 4.69) is 39.5 Å². The summed E-state index contributed by atoms with van der Waals surface area (Å²) in [4.78, 5) is 25.5. The Hall–Kier alpha value is -4.53. The minimum absolute atomic E-state index is 0.0150. The van der Waals surface area contributed by atoms with Gasteiger partial charge in [-0.2, -0.15) is 5.26 Å². The number of fused-ring (bicyclic) bond motifs is 1. The summed E-state index contributed by atoms with van der Waals surface area (Å²) in [6, 6.07) is 21.2. The van der Waals surface area contributed by atoms with Crippen LogP contribution in [0.4, 0.5) is 15.9 Å². The van der Waals surface area contributed by atoms with Gasteiger partial charge in [0.2, 0.25) is 5.52 Å². The quantitative estimate of drug-likeness (QED) is 0.357. The molecule has 1 saturated heterocycles. The molecule has 0 aliphatic carbocycles. The molecule has 3 atom stereocenters. The first-order chi connectivity index (χ1) is 18.3. The molecule has 4 aromatic rings. The van der Waals surface area contributed by atoms with Crippen molar-refractivity contribution in [3.05, 3.63) is 111 Å². The number of nitriles is 1. The van der Waals surface area contributed by atoms with Gasteiger partial charge in [0, 0.05) is 38.3 Å². The van der Waals surface area contributed by atoms with Crippen LogP contribution in [0.25, 0.3) is 15.9 Å². The topological polar surface area (TPSA) is 69.5 Å². The van der Waals surface area contributed by atoms with Crippen molar-refractivity contribution in [2.45, 2.75) is 32.0 Å². The van der Waals surface area contributed by atoms with Crippen LogP contribution in [0.5, 0.6) is 0 Å². The summed E-state index contributed by atoms with van der Waals surface area (Å²) in [7, 11) is 1.71. The summed E-state index contributed by atoms with van der Waals surface area (Å²) in [5, 5.41) is 9.27. The second-order valence-electron chi connectivity index (χ2n) is 9.81. The van der Waals surface area contributed by atoms with E-state index in [1.807, 2.05) is 36.4 Å². The van der Waals surface area contributed by atoms with Gasteiger partial charge < -0.3 is 14.3 Å². The molecule has 2 aromatic carbocycles. The van der Waals surface area contributed by atoms with Crippen molar-refractivity contribution in [3.63, 3.8) is 0 Å². The smallest absolute Gasteiger partial charge is 0.270 e. The molecule has 0 bridgehead atoms. The van der Waals surface area contributed by atoms with E-state index in [-0.39, 0.29) is 35.3 Å². The van der Waals surface area contributed by atoms with Crippen LogP contribution in [0.15, 0.2) is 71.5 Å². The first-order valence-electron chi connectivity index (χ1n) is 12.5. The van der Waals surface area contributed by atoms with Gasteiger partial charge >= 0.3 is 0 Å². The number of hydrogen-bond acceptors (Lipinski definition) is 5. The van der Waals surface area contributed by atoms with Crippen LogP contribution in [-0.4, -0.2) is 39.6 Å². The lowest BCUT2D eigenvalue weighted by atomic mass is 9.93. The standard InChI is InChI=1S/C30H27FN6O/c1-19-18-37(30(23-9-11-24(31)12-10-23)22-7-5-21(16-32)6-8-22)20(2)17-36(19)26-15-28(38)35(4)25-13-14-27(33-3)34-29(25)26/h5-15,19-20,30H,17-18H2,1-2,4H3/t19-,20+,30?/m0/s1. The summed E-state index contributed by atoms with van der Waals surface area (Å²) in [5.74, 6) is -0.00342. The average Bonchev–Trinajstić information content (AvgIpc) is 2.93. The van der Waals surface area contributed by atoms with Crippen molar-refractivity contribution in [3.8, 4) is 6.07 Å². The highest BCUT2D eigenvalue weighted by Crippen LogP contribution is 2.36. The predicted molar refractivity (Wildman–Crippen MR) is 146 cm³/mol. The van der Waals surface area contributed by atoms with Gasteiger partial charge in [0.1, 0.15) is 5.82 Å². The lowest BCUT2D eigenvalue weighted by Crippen LogP contribution is -2.57. The van der Waals surface area contributed by atoms with Gasteiger partial charge in [-0.15, -0.1) is 4.98 Å². The summed E-state index contributed by atoms with van der Waals surface area (Å²) in [6.45, 7) is 13.0. The van der Waals surface area contributed by atoms with Crippen molar-refractivity contribution in [2.24, 2.45) is 7.05 Å². The fourth-order valence-electron chi connectivity index (χ4n) is 5.39. The van der Waals surface area contributed by atoms with Crippen molar-refractivity contribution in [1.82, 2.24) is 14.5 Å². The number of aryl methyl sites for hydroxylation is 1. The van der Waals surface area contributed by atoms with Gasteiger partial charge in [-0.3, -0.25) is 9.69 Å². The van der Waals surface area contributed by atoms with Gasteiger partial charge in [0.05, 0.1) is 28.9 Å². The minimum Gasteiger partial charge on any atom is -0.362 e. The fourth-order valence-corrected chi connectivity index (χ4v) is 5.39. The molecule has 1 unspecified atom stereocenters. The van der Waals surface area contributed by atoms with Crippen molar-refractivity contribution in [2.75, 3.05) is 18.0 Å². The van der Waals surface area contributed by atoms with Gasteiger partial charge in [-0.25, -0.2) is 4.39 Å². The molecule has 7 nitrogen and oxygen atoms in total. The van der Waals surface area contributed by atoms with Crippen molar-refractivity contribution >= 4 is 22.5 Å². The second kappa shape index (κ2) is 10.1. The molecule has 1 aliphatic rings. The van der Waals surface area contributed by atoms with Crippen LogP contribution >= 0.6 is 0 Å². The highest BCUT2D eigenvalue weighted by Gasteiger charge is 2.36. The Morgan fingerprint density at radius 2 is 1.68 bits per heavy atom. The SMILES string of the molecule is [C-]#[N+]c1ccc2c(n1)c(N1C[C@@H](C)N(C(c3ccc(F)cc3)c3ccc(C#N)cc3)C[C@@H]1C)cc(=O)n2C. The predicted octanol–water partition coefficient (Wildman–Crippen LogP) is 5.18. The maximum absolute atomic E-state index is 13.8. The zero-order valence-corrected chi connectivity index (χ0v) is 21.5. The Kier molecular flexibility index (Phi) is 6.67. The third-order valence-electron chi connectivity index (χ3n) is 7.39. The van der Waals surface area contributed by atoms with E-state index in [1.165, 1.54) is 12.1 Å². The highest BCUT2D eigenvalue weighted by molar-refractivity contribution is 5.89. The third kappa shape index (κ3) is 4.51. The molecule has 0 spiro atoms. The molecule has 0 saturated carbocycles. The van der Waals surface area contributed by atoms with E-state index in [4.69, 9.17) is 6.57 Å². The Bertz CT molecular complexity index is 1630. The van der Waals surface area contributed by atoms with Crippen LogP contribution in [0.1, 0.15) is 36.6 Å². The molecule has 0 amide bonds. The molecule has 2 aromatic heterocycles. The summed E-state index contributed by atoms with van der Waals surface area (Å²) < 4.78 is 15.4. The van der Waals surface area contributed by atoms with Gasteiger partial charge in [0.25, 0.3) is 11.4 Å². The Morgan fingerprint density at radius 1 is 1.03 bits per heavy atom. The van der Waals surface area contributed by atoms with E-state index in [9.17, 15) is 14.4 Å². The molecule has 1 fully saturated rings. The van der Waals surface area contributed by atoms with E-state index in [0.29, 0.717) is 29.7 Å². The molecule has 38 heavy (non-hydrogen) atoms. The number of aromatic nitrogens is 2. The minimum atomic E-state index is -0.289. The third-order valence-corrected chi connectivity index (χ3v) is 7.39. The Labute approximate surface area is 220 Å². The molecule has 8 heteroatoms. The fraction of sp³-hybridized carbons (Fsp3) is 0.267. The summed E-state index contributed by atoms with van der Waals surface area (Å²) in [5.41, 5.74) is 4.48. The van der Waals surface area contributed by atoms with Gasteiger partial charge in [-0.1, -0.05) is 30.8 Å². The van der Waals surface area contributed by atoms with Crippen molar-refractivity contribution in [1.29, 1.82) is 5.26 Å². The number of hydrogen-bond donors (Lipinski definition) is 0. The highest BCUT2D eigenvalue weighted by atomic mass is 19.1. The van der Waals surface area contributed by atoms with Crippen LogP contribution in [-0.2, 0) is 7.05 Å². The molecule has 3 heterocycles. The number of benzene rings is 2. The molecule has 190 valence electrons.